The predicted molar refractivity (Wildman–Crippen MR) is 70.5 cm³/mol. The summed E-state index contributed by atoms with van der Waals surface area (Å²) in [6.07, 6.45) is 8.08. The summed E-state index contributed by atoms with van der Waals surface area (Å²) in [4.78, 5) is 6.44. The molecular formula is C13H20N4. The van der Waals surface area contributed by atoms with E-state index in [2.05, 4.69) is 16.9 Å². The maximum absolute atomic E-state index is 7.57. The molecule has 0 bridgehead atoms. The molecular weight excluding hydrogens is 212 g/mol. The molecule has 17 heavy (non-hydrogen) atoms. The van der Waals surface area contributed by atoms with Crippen molar-refractivity contribution in [2.75, 3.05) is 11.9 Å². The fourth-order valence-corrected chi connectivity index (χ4v) is 2.55. The number of nitrogens with zero attached hydrogens (tertiary/aromatic N) is 2. The smallest absolute Gasteiger partial charge is 0.143 e. The summed E-state index contributed by atoms with van der Waals surface area (Å²) in [5, 5.41) is 7.57. The maximum atomic E-state index is 7.57. The lowest BCUT2D eigenvalue weighted by Gasteiger charge is -2.33. The number of pyridine rings is 1. The summed E-state index contributed by atoms with van der Waals surface area (Å²) >= 11 is 0. The van der Waals surface area contributed by atoms with Crippen LogP contribution in [0.2, 0.25) is 0 Å². The molecule has 0 unspecified atom stereocenters. The van der Waals surface area contributed by atoms with Gasteiger partial charge in [0.2, 0.25) is 0 Å². The highest BCUT2D eigenvalue weighted by atomic mass is 15.1. The molecule has 1 fully saturated rings. The van der Waals surface area contributed by atoms with E-state index in [0.717, 1.165) is 5.69 Å². The summed E-state index contributed by atoms with van der Waals surface area (Å²) < 4.78 is 0. The van der Waals surface area contributed by atoms with Gasteiger partial charge in [-0.3, -0.25) is 10.4 Å². The van der Waals surface area contributed by atoms with Crippen LogP contribution in [-0.4, -0.2) is 23.9 Å². The molecule has 1 aliphatic carbocycles. The maximum Gasteiger partial charge on any atom is 0.143 e. The Morgan fingerprint density at radius 1 is 1.41 bits per heavy atom. The van der Waals surface area contributed by atoms with E-state index in [1.54, 1.807) is 6.20 Å². The molecule has 92 valence electrons. The third-order valence-electron chi connectivity index (χ3n) is 3.54. The van der Waals surface area contributed by atoms with Gasteiger partial charge >= 0.3 is 0 Å². The molecule has 4 heteroatoms. The third-order valence-corrected chi connectivity index (χ3v) is 3.54. The quantitative estimate of drug-likeness (QED) is 0.620. The molecule has 1 heterocycles. The average Bonchev–Trinajstić information content (AvgIpc) is 2.39. The molecule has 3 N–H and O–H groups in total. The Kier molecular flexibility index (Phi) is 3.61. The first-order valence-corrected chi connectivity index (χ1v) is 6.22. The van der Waals surface area contributed by atoms with E-state index in [1.807, 2.05) is 12.1 Å². The van der Waals surface area contributed by atoms with Crippen LogP contribution in [0.3, 0.4) is 0 Å². The highest BCUT2D eigenvalue weighted by Gasteiger charge is 2.21. The van der Waals surface area contributed by atoms with Crippen molar-refractivity contribution in [2.24, 2.45) is 5.73 Å². The van der Waals surface area contributed by atoms with Crippen LogP contribution >= 0.6 is 0 Å². The minimum Gasteiger partial charge on any atom is -0.382 e. The number of nitrogens with one attached hydrogen (secondary N) is 1. The lowest BCUT2D eigenvalue weighted by atomic mass is 9.94. The first kappa shape index (κ1) is 11.9. The normalized spacial score (nSPS) is 16.8. The zero-order valence-electron chi connectivity index (χ0n) is 10.3. The molecule has 1 aromatic heterocycles. The Bertz CT molecular complexity index is 396. The fraction of sp³-hybridized carbons (Fsp3) is 0.538. The number of rotatable bonds is 3. The molecule has 0 aliphatic heterocycles. The lowest BCUT2D eigenvalue weighted by Crippen LogP contribution is -2.35. The molecule has 0 atom stereocenters. The van der Waals surface area contributed by atoms with Gasteiger partial charge in [-0.2, -0.15) is 0 Å². The topological polar surface area (TPSA) is 66.0 Å². The summed E-state index contributed by atoms with van der Waals surface area (Å²) in [6.45, 7) is 0. The third kappa shape index (κ3) is 2.57. The van der Waals surface area contributed by atoms with Crippen molar-refractivity contribution in [1.29, 1.82) is 5.41 Å². The van der Waals surface area contributed by atoms with Gasteiger partial charge in [0.25, 0.3) is 0 Å². The molecule has 0 spiro atoms. The van der Waals surface area contributed by atoms with Crippen LogP contribution in [0, 0.1) is 5.41 Å². The van der Waals surface area contributed by atoms with E-state index >= 15 is 0 Å². The van der Waals surface area contributed by atoms with Crippen LogP contribution in [0.15, 0.2) is 18.3 Å². The van der Waals surface area contributed by atoms with Gasteiger partial charge in [0.05, 0.1) is 5.69 Å². The summed E-state index contributed by atoms with van der Waals surface area (Å²) in [7, 11) is 2.08. The number of amidine groups is 1. The highest BCUT2D eigenvalue weighted by molar-refractivity contribution is 5.98. The van der Waals surface area contributed by atoms with Crippen molar-refractivity contribution in [1.82, 2.24) is 4.98 Å². The Morgan fingerprint density at radius 3 is 2.76 bits per heavy atom. The van der Waals surface area contributed by atoms with Gasteiger partial charge in [-0.15, -0.1) is 0 Å². The number of hydrogen-bond acceptors (Lipinski definition) is 3. The van der Waals surface area contributed by atoms with Gasteiger partial charge in [-0.1, -0.05) is 19.3 Å². The van der Waals surface area contributed by atoms with Crippen LogP contribution in [0.1, 0.15) is 37.8 Å². The van der Waals surface area contributed by atoms with Crippen LogP contribution in [0.5, 0.6) is 0 Å². The van der Waals surface area contributed by atoms with E-state index in [-0.39, 0.29) is 5.84 Å². The van der Waals surface area contributed by atoms with E-state index < -0.39 is 0 Å². The van der Waals surface area contributed by atoms with Crippen molar-refractivity contribution in [3.8, 4) is 0 Å². The number of anilines is 1. The monoisotopic (exact) mass is 232 g/mol. The van der Waals surface area contributed by atoms with Crippen molar-refractivity contribution >= 4 is 11.5 Å². The molecule has 1 saturated carbocycles. The highest BCUT2D eigenvalue weighted by Crippen LogP contribution is 2.27. The molecule has 0 radical (unpaired) electrons. The standard InChI is InChI=1S/C13H20N4/c1-17(10-6-3-2-4-7-10)11-8-5-9-16-12(11)13(14)15/h5,8-10H,2-4,6-7H2,1H3,(H3,14,15). The minimum atomic E-state index is 0.0447. The first-order valence-electron chi connectivity index (χ1n) is 6.22. The van der Waals surface area contributed by atoms with Crippen molar-refractivity contribution in [3.63, 3.8) is 0 Å². The van der Waals surface area contributed by atoms with Gasteiger partial charge in [0.15, 0.2) is 0 Å². The first-order chi connectivity index (χ1) is 8.20. The van der Waals surface area contributed by atoms with E-state index in [9.17, 15) is 0 Å². The second kappa shape index (κ2) is 5.17. The molecule has 1 aromatic rings. The van der Waals surface area contributed by atoms with Gasteiger partial charge in [0.1, 0.15) is 11.5 Å². The van der Waals surface area contributed by atoms with Crippen molar-refractivity contribution in [2.45, 2.75) is 38.1 Å². The number of hydrogen-bond donors (Lipinski definition) is 2. The summed E-state index contributed by atoms with van der Waals surface area (Å²) in [5.41, 5.74) is 7.15. The van der Waals surface area contributed by atoms with Crippen LogP contribution in [-0.2, 0) is 0 Å². The number of nitrogens with two attached hydrogens (primary N) is 1. The van der Waals surface area contributed by atoms with Gasteiger partial charge in [-0.05, 0) is 25.0 Å². The van der Waals surface area contributed by atoms with E-state index in [1.165, 1.54) is 32.1 Å². The van der Waals surface area contributed by atoms with E-state index in [4.69, 9.17) is 11.1 Å². The summed E-state index contributed by atoms with van der Waals surface area (Å²) in [5.74, 6) is 0.0447. The van der Waals surface area contributed by atoms with Crippen LogP contribution in [0.25, 0.3) is 0 Å². The lowest BCUT2D eigenvalue weighted by molar-refractivity contribution is 0.427. The number of aromatic nitrogens is 1. The van der Waals surface area contributed by atoms with Crippen molar-refractivity contribution < 1.29 is 0 Å². The predicted octanol–water partition coefficient (Wildman–Crippen LogP) is 2.13. The second-order valence-corrected chi connectivity index (χ2v) is 4.69. The minimum absolute atomic E-state index is 0.0447. The second-order valence-electron chi connectivity index (χ2n) is 4.69. The van der Waals surface area contributed by atoms with Crippen molar-refractivity contribution in [3.05, 3.63) is 24.0 Å². The zero-order valence-corrected chi connectivity index (χ0v) is 10.3. The molecule has 0 saturated heterocycles. The van der Waals surface area contributed by atoms with Gasteiger partial charge < -0.3 is 10.6 Å². The molecule has 0 aromatic carbocycles. The van der Waals surface area contributed by atoms with E-state index in [0.29, 0.717) is 11.7 Å². The number of nitrogen functional groups attached to an aromatic ring is 1. The molecule has 1 aliphatic rings. The van der Waals surface area contributed by atoms with Crippen LogP contribution in [0.4, 0.5) is 5.69 Å². The molecule has 2 rings (SSSR count). The van der Waals surface area contributed by atoms with Gasteiger partial charge in [0, 0.05) is 19.3 Å². The average molecular weight is 232 g/mol. The Morgan fingerprint density at radius 2 is 2.12 bits per heavy atom. The van der Waals surface area contributed by atoms with Crippen LogP contribution < -0.4 is 10.6 Å². The largest absolute Gasteiger partial charge is 0.382 e. The Hall–Kier alpha value is -1.58. The summed E-state index contributed by atoms with van der Waals surface area (Å²) in [6, 6.07) is 4.46. The molecule has 0 amide bonds. The zero-order chi connectivity index (χ0) is 12.3. The Balaban J connectivity index is 2.23. The fourth-order valence-electron chi connectivity index (χ4n) is 2.55. The SMILES string of the molecule is CN(c1cccnc1C(=N)N)C1CCCCC1. The van der Waals surface area contributed by atoms with Gasteiger partial charge in [-0.25, -0.2) is 0 Å². The Labute approximate surface area is 102 Å². The molecule has 4 nitrogen and oxygen atoms in total.